The molecule has 0 unspecified atom stereocenters. The summed E-state index contributed by atoms with van der Waals surface area (Å²) in [7, 11) is 3.23. The van der Waals surface area contributed by atoms with E-state index >= 15 is 0 Å². The third kappa shape index (κ3) is 3.18. The molecule has 5 rings (SSSR count). The lowest BCUT2D eigenvalue weighted by Crippen LogP contribution is -2.30. The lowest BCUT2D eigenvalue weighted by atomic mass is 9.84. The van der Waals surface area contributed by atoms with E-state index in [0.717, 1.165) is 0 Å². The maximum atomic E-state index is 13.6. The van der Waals surface area contributed by atoms with Gasteiger partial charge in [0.15, 0.2) is 0 Å². The molecule has 0 bridgehead atoms. The summed E-state index contributed by atoms with van der Waals surface area (Å²) >= 11 is 6.11. The number of hydrogen-bond acceptors (Lipinski definition) is 4. The van der Waals surface area contributed by atoms with E-state index in [1.807, 2.05) is 0 Å². The number of rotatable bonds is 3. The van der Waals surface area contributed by atoms with Gasteiger partial charge in [-0.15, -0.1) is 0 Å². The van der Waals surface area contributed by atoms with E-state index in [-0.39, 0.29) is 22.6 Å². The highest BCUT2D eigenvalue weighted by molar-refractivity contribution is 6.30. The number of aromatic nitrogens is 2. The van der Waals surface area contributed by atoms with E-state index in [0.29, 0.717) is 32.4 Å². The Hall–Kier alpha value is -4.03. The maximum absolute atomic E-state index is 13.6. The van der Waals surface area contributed by atoms with Crippen LogP contribution in [0.5, 0.6) is 11.5 Å². The minimum Gasteiger partial charge on any atom is -0.507 e. The van der Waals surface area contributed by atoms with Crippen LogP contribution in [0.15, 0.2) is 82.4 Å². The average molecular weight is 473 g/mol. The third-order valence-corrected chi connectivity index (χ3v) is 6.65. The van der Waals surface area contributed by atoms with Crippen molar-refractivity contribution in [3.63, 3.8) is 0 Å². The Balaban J connectivity index is 1.97. The summed E-state index contributed by atoms with van der Waals surface area (Å²) in [6, 6.07) is 20.7. The van der Waals surface area contributed by atoms with Crippen LogP contribution >= 0.6 is 11.6 Å². The first-order valence-corrected chi connectivity index (χ1v) is 11.1. The first-order valence-electron chi connectivity index (χ1n) is 10.7. The van der Waals surface area contributed by atoms with Gasteiger partial charge in [-0.2, -0.15) is 0 Å². The monoisotopic (exact) mass is 472 g/mol. The Morgan fingerprint density at radius 2 is 1.09 bits per heavy atom. The first kappa shape index (κ1) is 21.8. The first-order chi connectivity index (χ1) is 16.3. The van der Waals surface area contributed by atoms with Crippen molar-refractivity contribution in [3.05, 3.63) is 115 Å². The van der Waals surface area contributed by atoms with Crippen molar-refractivity contribution < 1.29 is 10.2 Å². The molecule has 170 valence electrons. The van der Waals surface area contributed by atoms with Gasteiger partial charge in [-0.25, -0.2) is 0 Å². The number of halogens is 1. The molecule has 2 N–H and O–H groups in total. The standard InChI is InChI=1S/C27H21ClN2O4/c1-29-19-9-5-3-7-17(19)24(31)22(26(29)33)21(15-11-13-16(28)14-12-15)23-25(32)18-8-4-6-10-20(18)30(2)27(23)34/h3-14,21,31-32H,1-2H3. The second-order valence-corrected chi connectivity index (χ2v) is 8.71. The van der Waals surface area contributed by atoms with Crippen LogP contribution in [-0.4, -0.2) is 19.3 Å². The third-order valence-electron chi connectivity index (χ3n) is 6.40. The van der Waals surface area contributed by atoms with Crippen LogP contribution in [0.3, 0.4) is 0 Å². The van der Waals surface area contributed by atoms with Crippen LogP contribution in [-0.2, 0) is 14.1 Å². The number of pyridine rings is 2. The predicted octanol–water partition coefficient (Wildman–Crippen LogP) is 4.64. The number of aromatic hydroxyl groups is 2. The lowest BCUT2D eigenvalue weighted by molar-refractivity contribution is 0.460. The van der Waals surface area contributed by atoms with Crippen molar-refractivity contribution in [2.45, 2.75) is 5.92 Å². The van der Waals surface area contributed by atoms with Gasteiger partial charge in [0.05, 0.1) is 28.1 Å². The minimum absolute atomic E-state index is 0.00574. The zero-order chi connectivity index (χ0) is 24.1. The molecule has 0 aliphatic rings. The van der Waals surface area contributed by atoms with Crippen molar-refractivity contribution in [3.8, 4) is 11.5 Å². The van der Waals surface area contributed by atoms with Gasteiger partial charge in [-0.05, 0) is 42.0 Å². The smallest absolute Gasteiger partial charge is 0.258 e. The number of aryl methyl sites for hydroxylation is 2. The van der Waals surface area contributed by atoms with Crippen LogP contribution < -0.4 is 11.1 Å². The normalized spacial score (nSPS) is 11.5. The summed E-state index contributed by atoms with van der Waals surface area (Å²) in [6.45, 7) is 0. The molecule has 7 heteroatoms. The molecule has 0 spiro atoms. The number of fused-ring (bicyclic) bond motifs is 2. The summed E-state index contributed by atoms with van der Waals surface area (Å²) < 4.78 is 2.88. The molecule has 0 amide bonds. The molecular weight excluding hydrogens is 452 g/mol. The molecule has 5 aromatic rings. The summed E-state index contributed by atoms with van der Waals surface area (Å²) in [5.74, 6) is -1.49. The van der Waals surface area contributed by atoms with Gasteiger partial charge in [0.2, 0.25) is 0 Å². The Labute approximate surface area is 199 Å². The van der Waals surface area contributed by atoms with Crippen LogP contribution in [0, 0.1) is 0 Å². The molecule has 0 saturated carbocycles. The highest BCUT2D eigenvalue weighted by atomic mass is 35.5. The topological polar surface area (TPSA) is 84.5 Å². The maximum Gasteiger partial charge on any atom is 0.258 e. The quantitative estimate of drug-likeness (QED) is 0.401. The molecule has 0 atom stereocenters. The molecule has 0 radical (unpaired) electrons. The zero-order valence-corrected chi connectivity index (χ0v) is 19.2. The van der Waals surface area contributed by atoms with Crippen LogP contribution in [0.25, 0.3) is 21.8 Å². The van der Waals surface area contributed by atoms with Gasteiger partial charge < -0.3 is 19.3 Å². The van der Waals surface area contributed by atoms with Gasteiger partial charge >= 0.3 is 0 Å². The van der Waals surface area contributed by atoms with Crippen LogP contribution in [0.4, 0.5) is 0 Å². The Morgan fingerprint density at radius 1 is 0.676 bits per heavy atom. The molecular formula is C27H21ClN2O4. The fourth-order valence-electron chi connectivity index (χ4n) is 4.66. The Morgan fingerprint density at radius 3 is 1.53 bits per heavy atom. The fourth-order valence-corrected chi connectivity index (χ4v) is 4.78. The summed E-state index contributed by atoms with van der Waals surface area (Å²) in [4.78, 5) is 27.2. The van der Waals surface area contributed by atoms with E-state index in [2.05, 4.69) is 0 Å². The average Bonchev–Trinajstić information content (AvgIpc) is 2.86. The molecule has 3 aromatic carbocycles. The van der Waals surface area contributed by atoms with Gasteiger partial charge in [0.25, 0.3) is 11.1 Å². The summed E-state index contributed by atoms with van der Waals surface area (Å²) in [6.07, 6.45) is 0. The van der Waals surface area contributed by atoms with Crippen LogP contribution in [0.1, 0.15) is 22.6 Å². The molecule has 2 heterocycles. The highest BCUT2D eigenvalue weighted by Gasteiger charge is 2.32. The van der Waals surface area contributed by atoms with Crippen molar-refractivity contribution in [1.29, 1.82) is 0 Å². The van der Waals surface area contributed by atoms with Crippen molar-refractivity contribution in [2.24, 2.45) is 14.1 Å². The molecule has 0 aliphatic carbocycles. The number of nitrogens with zero attached hydrogens (tertiary/aromatic N) is 2. The second-order valence-electron chi connectivity index (χ2n) is 8.27. The second kappa shape index (κ2) is 8.08. The largest absolute Gasteiger partial charge is 0.507 e. The van der Waals surface area contributed by atoms with E-state index in [1.165, 1.54) is 9.13 Å². The van der Waals surface area contributed by atoms with Gasteiger partial charge in [0, 0.05) is 29.9 Å². The molecule has 0 saturated heterocycles. The summed E-state index contributed by atoms with van der Waals surface area (Å²) in [5.41, 5.74) is 0.724. The van der Waals surface area contributed by atoms with E-state index < -0.39 is 17.0 Å². The highest BCUT2D eigenvalue weighted by Crippen LogP contribution is 2.41. The molecule has 6 nitrogen and oxygen atoms in total. The summed E-state index contributed by atoms with van der Waals surface area (Å²) in [5, 5.41) is 24.1. The van der Waals surface area contributed by atoms with Crippen LogP contribution in [0.2, 0.25) is 5.02 Å². The number of benzene rings is 3. The van der Waals surface area contributed by atoms with Gasteiger partial charge in [0.1, 0.15) is 11.5 Å². The Kier molecular flexibility index (Phi) is 5.18. The van der Waals surface area contributed by atoms with Gasteiger partial charge in [-0.3, -0.25) is 9.59 Å². The molecule has 0 aliphatic heterocycles. The molecule has 0 fully saturated rings. The molecule has 2 aromatic heterocycles. The van der Waals surface area contributed by atoms with Gasteiger partial charge in [-0.1, -0.05) is 48.0 Å². The minimum atomic E-state index is -1.04. The number of hydrogen-bond donors (Lipinski definition) is 2. The van der Waals surface area contributed by atoms with E-state index in [9.17, 15) is 19.8 Å². The van der Waals surface area contributed by atoms with Crippen molar-refractivity contribution in [2.75, 3.05) is 0 Å². The fraction of sp³-hybridized carbons (Fsp3) is 0.111. The molecule has 34 heavy (non-hydrogen) atoms. The Bertz CT molecular complexity index is 1600. The SMILES string of the molecule is Cn1c(=O)c(C(c2ccc(Cl)cc2)c2c(O)c3ccccc3n(C)c2=O)c(O)c2ccccc21. The predicted molar refractivity (Wildman–Crippen MR) is 134 cm³/mol. The lowest BCUT2D eigenvalue weighted by Gasteiger charge is -2.23. The van der Waals surface area contributed by atoms with E-state index in [4.69, 9.17) is 11.6 Å². The van der Waals surface area contributed by atoms with Crippen molar-refractivity contribution in [1.82, 2.24) is 9.13 Å². The van der Waals surface area contributed by atoms with E-state index in [1.54, 1.807) is 86.9 Å². The number of para-hydroxylation sites is 2. The van der Waals surface area contributed by atoms with Crippen molar-refractivity contribution >= 4 is 33.4 Å². The zero-order valence-electron chi connectivity index (χ0n) is 18.5.